The molecule has 1 N–H and O–H groups in total. The molecule has 0 radical (unpaired) electrons. The molecule has 6 nitrogen and oxygen atoms in total. The highest BCUT2D eigenvalue weighted by Crippen LogP contribution is 2.32. The number of rotatable bonds is 4. The molecule has 0 atom stereocenters. The summed E-state index contributed by atoms with van der Waals surface area (Å²) in [4.78, 5) is 28.0. The van der Waals surface area contributed by atoms with Gasteiger partial charge in [0.15, 0.2) is 5.76 Å². The van der Waals surface area contributed by atoms with Crippen molar-refractivity contribution < 1.29 is 26.8 Å². The highest BCUT2D eigenvalue weighted by molar-refractivity contribution is 5.90. The van der Waals surface area contributed by atoms with Crippen molar-refractivity contribution in [2.45, 2.75) is 12.7 Å². The molecule has 2 aromatic heterocycles. The Morgan fingerprint density at radius 3 is 2.63 bits per heavy atom. The first-order valence-corrected chi connectivity index (χ1v) is 7.51. The van der Waals surface area contributed by atoms with Crippen molar-refractivity contribution in [1.29, 1.82) is 0 Å². The maximum Gasteiger partial charge on any atom is 0.419 e. The van der Waals surface area contributed by atoms with Crippen LogP contribution in [-0.4, -0.2) is 15.5 Å². The van der Waals surface area contributed by atoms with E-state index in [2.05, 4.69) is 10.3 Å². The van der Waals surface area contributed by atoms with E-state index in [1.807, 2.05) is 0 Å². The zero-order chi connectivity index (χ0) is 19.6. The van der Waals surface area contributed by atoms with Crippen molar-refractivity contribution in [2.24, 2.45) is 0 Å². The van der Waals surface area contributed by atoms with E-state index in [4.69, 9.17) is 4.42 Å². The molecule has 0 unspecified atom stereocenters. The van der Waals surface area contributed by atoms with E-state index < -0.39 is 35.6 Å². The molecule has 0 aliphatic rings. The number of carbonyl (C=O) groups excluding carboxylic acids is 1. The Labute approximate surface area is 149 Å². The molecule has 140 valence electrons. The van der Waals surface area contributed by atoms with Crippen LogP contribution in [0.4, 0.5) is 23.2 Å². The van der Waals surface area contributed by atoms with Gasteiger partial charge in [-0.25, -0.2) is 9.37 Å². The van der Waals surface area contributed by atoms with Gasteiger partial charge in [0.25, 0.3) is 5.56 Å². The van der Waals surface area contributed by atoms with Crippen LogP contribution in [0.25, 0.3) is 11.5 Å². The first-order valence-electron chi connectivity index (χ1n) is 7.51. The van der Waals surface area contributed by atoms with Crippen molar-refractivity contribution in [3.8, 4) is 11.5 Å². The number of anilines is 1. The molecule has 1 aromatic carbocycles. The molecule has 27 heavy (non-hydrogen) atoms. The van der Waals surface area contributed by atoms with Crippen LogP contribution in [0.5, 0.6) is 0 Å². The number of alkyl halides is 3. The molecule has 0 bridgehead atoms. The topological polar surface area (TPSA) is 77.1 Å². The molecule has 0 saturated heterocycles. The summed E-state index contributed by atoms with van der Waals surface area (Å²) in [5, 5.41) is 2.19. The van der Waals surface area contributed by atoms with E-state index >= 15 is 0 Å². The largest absolute Gasteiger partial charge is 0.463 e. The fourth-order valence-electron chi connectivity index (χ4n) is 2.28. The molecule has 0 fully saturated rings. The van der Waals surface area contributed by atoms with Gasteiger partial charge in [0.05, 0.1) is 18.2 Å². The minimum Gasteiger partial charge on any atom is -0.463 e. The average Bonchev–Trinajstić information content (AvgIpc) is 3.12. The Balaban J connectivity index is 1.74. The lowest BCUT2D eigenvalue weighted by Crippen LogP contribution is -2.27. The van der Waals surface area contributed by atoms with Gasteiger partial charge in [-0.1, -0.05) is 0 Å². The molecule has 0 spiro atoms. The number of hydrogen-bond acceptors (Lipinski definition) is 4. The fraction of sp³-hybridized carbons (Fsp3) is 0.118. The van der Waals surface area contributed by atoms with Crippen LogP contribution >= 0.6 is 0 Å². The summed E-state index contributed by atoms with van der Waals surface area (Å²) in [6.45, 7) is -0.483. The van der Waals surface area contributed by atoms with Crippen LogP contribution < -0.4 is 10.9 Å². The summed E-state index contributed by atoms with van der Waals surface area (Å²) in [6, 6.07) is 6.45. The first kappa shape index (κ1) is 18.4. The van der Waals surface area contributed by atoms with E-state index in [0.717, 1.165) is 23.0 Å². The van der Waals surface area contributed by atoms with Crippen molar-refractivity contribution >= 4 is 11.6 Å². The predicted octanol–water partition coefficient (Wildman–Crippen LogP) is 3.30. The Hall–Kier alpha value is -3.43. The molecular weight excluding hydrogens is 370 g/mol. The minimum absolute atomic E-state index is 0.248. The van der Waals surface area contributed by atoms with Crippen molar-refractivity contribution in [3.05, 3.63) is 70.7 Å². The number of hydrogen-bond donors (Lipinski definition) is 1. The minimum atomic E-state index is -4.90. The normalized spacial score (nSPS) is 11.4. The first-order chi connectivity index (χ1) is 12.7. The molecule has 3 rings (SSSR count). The standard InChI is InChI=1S/C17H11F4N3O3/c18-12-4-3-10(6-11(12)17(19,20)21)23-15(25)8-24-9-22-13(7-16(24)26)14-2-1-5-27-14/h1-7,9H,8H2,(H,23,25). The summed E-state index contributed by atoms with van der Waals surface area (Å²) in [5.74, 6) is -1.85. The average molecular weight is 381 g/mol. The molecule has 0 aliphatic heterocycles. The molecule has 1 amide bonds. The van der Waals surface area contributed by atoms with Gasteiger partial charge in [0.1, 0.15) is 18.1 Å². The van der Waals surface area contributed by atoms with Gasteiger partial charge in [-0.2, -0.15) is 13.2 Å². The molecule has 10 heteroatoms. The lowest BCUT2D eigenvalue weighted by Gasteiger charge is -2.11. The van der Waals surface area contributed by atoms with Gasteiger partial charge in [0.2, 0.25) is 5.91 Å². The van der Waals surface area contributed by atoms with Crippen molar-refractivity contribution in [1.82, 2.24) is 9.55 Å². The van der Waals surface area contributed by atoms with Crippen LogP contribution in [0, 0.1) is 5.82 Å². The van der Waals surface area contributed by atoms with Crippen LogP contribution in [0.1, 0.15) is 5.56 Å². The summed E-state index contributed by atoms with van der Waals surface area (Å²) in [5.41, 5.74) is -2.03. The quantitative estimate of drug-likeness (QED) is 0.704. The maximum absolute atomic E-state index is 13.3. The van der Waals surface area contributed by atoms with E-state index in [1.165, 1.54) is 6.26 Å². The molecule has 2 heterocycles. The molecule has 0 aliphatic carbocycles. The number of carbonyl (C=O) groups is 1. The maximum atomic E-state index is 13.3. The Kier molecular flexibility index (Phi) is 4.80. The zero-order valence-electron chi connectivity index (χ0n) is 13.5. The molecular formula is C17H11F4N3O3. The van der Waals surface area contributed by atoms with Crippen LogP contribution in [0.3, 0.4) is 0 Å². The van der Waals surface area contributed by atoms with Gasteiger partial charge in [-0.05, 0) is 30.3 Å². The summed E-state index contributed by atoms with van der Waals surface area (Å²) >= 11 is 0. The predicted molar refractivity (Wildman–Crippen MR) is 86.2 cm³/mol. The molecule has 3 aromatic rings. The second-order valence-corrected chi connectivity index (χ2v) is 5.46. The Bertz CT molecular complexity index is 1030. The number of amides is 1. The third kappa shape index (κ3) is 4.22. The van der Waals surface area contributed by atoms with Gasteiger partial charge in [-0.3, -0.25) is 14.2 Å². The SMILES string of the molecule is O=C(Cn1cnc(-c2ccco2)cc1=O)Nc1ccc(F)c(C(F)(F)F)c1. The lowest BCUT2D eigenvalue weighted by molar-refractivity contribution is -0.140. The second kappa shape index (κ2) is 7.06. The third-order valence-electron chi connectivity index (χ3n) is 3.52. The highest BCUT2D eigenvalue weighted by Gasteiger charge is 2.34. The van der Waals surface area contributed by atoms with Gasteiger partial charge >= 0.3 is 6.18 Å². The van der Waals surface area contributed by atoms with Crippen LogP contribution in [-0.2, 0) is 17.5 Å². The van der Waals surface area contributed by atoms with E-state index in [9.17, 15) is 27.2 Å². The smallest absolute Gasteiger partial charge is 0.419 e. The van der Waals surface area contributed by atoms with Crippen LogP contribution in [0.2, 0.25) is 0 Å². The third-order valence-corrected chi connectivity index (χ3v) is 3.52. The Morgan fingerprint density at radius 2 is 2.00 bits per heavy atom. The van der Waals surface area contributed by atoms with Gasteiger partial charge in [0, 0.05) is 11.8 Å². The van der Waals surface area contributed by atoms with Crippen LogP contribution in [0.15, 0.2) is 58.2 Å². The summed E-state index contributed by atoms with van der Waals surface area (Å²) in [7, 11) is 0. The molecule has 0 saturated carbocycles. The number of furan rings is 1. The van der Waals surface area contributed by atoms with Gasteiger partial charge in [-0.15, -0.1) is 0 Å². The Morgan fingerprint density at radius 1 is 1.22 bits per heavy atom. The number of aromatic nitrogens is 2. The monoisotopic (exact) mass is 381 g/mol. The summed E-state index contributed by atoms with van der Waals surface area (Å²) in [6.07, 6.45) is -2.37. The fourth-order valence-corrected chi connectivity index (χ4v) is 2.28. The van der Waals surface area contributed by atoms with E-state index in [0.29, 0.717) is 17.9 Å². The van der Waals surface area contributed by atoms with Crippen molar-refractivity contribution in [2.75, 3.05) is 5.32 Å². The second-order valence-electron chi connectivity index (χ2n) is 5.46. The number of benzene rings is 1. The van der Waals surface area contributed by atoms with Crippen molar-refractivity contribution in [3.63, 3.8) is 0 Å². The lowest BCUT2D eigenvalue weighted by atomic mass is 10.2. The highest BCUT2D eigenvalue weighted by atomic mass is 19.4. The number of nitrogens with zero attached hydrogens (tertiary/aromatic N) is 2. The summed E-state index contributed by atoms with van der Waals surface area (Å²) < 4.78 is 57.5. The van der Waals surface area contributed by atoms with Gasteiger partial charge < -0.3 is 9.73 Å². The van der Waals surface area contributed by atoms with E-state index in [1.54, 1.807) is 12.1 Å². The van der Waals surface area contributed by atoms with E-state index in [-0.39, 0.29) is 11.4 Å². The number of nitrogens with one attached hydrogen (secondary N) is 1. The zero-order valence-corrected chi connectivity index (χ0v) is 13.5. The number of halogens is 4.